The summed E-state index contributed by atoms with van der Waals surface area (Å²) in [4.78, 5) is 0. The van der Waals surface area contributed by atoms with Crippen LogP contribution in [0.1, 0.15) is 33.4 Å². The Morgan fingerprint density at radius 3 is 1.00 bits per heavy atom. The Balaban J connectivity index is 1.88. The van der Waals surface area contributed by atoms with Gasteiger partial charge in [0, 0.05) is 8.95 Å². The number of benzene rings is 3. The van der Waals surface area contributed by atoms with E-state index in [-0.39, 0.29) is 0 Å². The minimum atomic E-state index is 0.489. The minimum Gasteiger partial charge on any atom is -0.487 e. The van der Waals surface area contributed by atoms with Crippen molar-refractivity contribution in [2.45, 2.75) is 40.9 Å². The second kappa shape index (κ2) is 11.3. The molecule has 0 aliphatic carbocycles. The second-order valence-corrected chi connectivity index (χ2v) is 12.7. The lowest BCUT2D eigenvalue weighted by Gasteiger charge is -2.22. The van der Waals surface area contributed by atoms with E-state index in [0.717, 1.165) is 38.3 Å². The number of halogens is 6. The quantitative estimate of drug-likeness (QED) is 0.247. The molecule has 3 aromatic rings. The molecule has 0 amide bonds. The molecular weight excluding hydrogens is 800 g/mol. The van der Waals surface area contributed by atoms with Crippen molar-refractivity contribution in [1.29, 1.82) is 0 Å². The van der Waals surface area contributed by atoms with Gasteiger partial charge in [-0.2, -0.15) is 0 Å². The lowest BCUT2D eigenvalue weighted by atomic mass is 9.89. The molecule has 0 aliphatic heterocycles. The predicted molar refractivity (Wildman–Crippen MR) is 153 cm³/mol. The lowest BCUT2D eigenvalue weighted by Crippen LogP contribution is -2.10. The van der Waals surface area contributed by atoms with Crippen LogP contribution >= 0.6 is 95.6 Å². The predicted octanol–water partition coefficient (Wildman–Crippen LogP) is 10.7. The van der Waals surface area contributed by atoms with Crippen molar-refractivity contribution in [3.05, 3.63) is 84.5 Å². The Bertz CT molecular complexity index is 1020. The molecule has 0 saturated carbocycles. The molecule has 0 heterocycles. The fourth-order valence-corrected chi connectivity index (χ4v) is 8.50. The Hall–Kier alpha value is 0.140. The summed E-state index contributed by atoms with van der Waals surface area (Å²) in [7, 11) is 0. The summed E-state index contributed by atoms with van der Waals surface area (Å²) >= 11 is 21.4. The summed E-state index contributed by atoms with van der Waals surface area (Å²) in [5.41, 5.74) is 7.32. The molecule has 0 aromatic heterocycles. The molecule has 32 heavy (non-hydrogen) atoms. The Morgan fingerprint density at radius 2 is 0.750 bits per heavy atom. The highest BCUT2D eigenvalue weighted by Crippen LogP contribution is 2.39. The average Bonchev–Trinajstić information content (AvgIpc) is 2.69. The Morgan fingerprint density at radius 1 is 0.500 bits per heavy atom. The zero-order valence-electron chi connectivity index (χ0n) is 17.8. The van der Waals surface area contributed by atoms with Crippen LogP contribution in [0.5, 0.6) is 11.5 Å². The van der Waals surface area contributed by atoms with Crippen LogP contribution < -0.4 is 9.47 Å². The van der Waals surface area contributed by atoms with Gasteiger partial charge >= 0.3 is 0 Å². The van der Waals surface area contributed by atoms with E-state index in [4.69, 9.17) is 9.47 Å². The molecule has 0 atom stereocenters. The van der Waals surface area contributed by atoms with E-state index in [0.29, 0.717) is 13.2 Å². The Labute approximate surface area is 239 Å². The molecule has 0 radical (unpaired) electrons. The van der Waals surface area contributed by atoms with Gasteiger partial charge in [0.1, 0.15) is 24.7 Å². The van der Waals surface area contributed by atoms with Gasteiger partial charge < -0.3 is 9.47 Å². The molecule has 3 aromatic carbocycles. The standard InChI is InChI=1S/C24H20Br6O2/c1-11-12(2)18(10-32-24-21(29)7-16(26)8-22(24)30)14(4)13(3)17(11)9-31-23-19(27)5-15(25)6-20(23)28/h5-8H,9-10H2,1-4H3. The third kappa shape index (κ3) is 5.85. The van der Waals surface area contributed by atoms with Crippen LogP contribution in [0.25, 0.3) is 0 Å². The fraction of sp³-hybridized carbons (Fsp3) is 0.250. The Kier molecular flexibility index (Phi) is 9.40. The van der Waals surface area contributed by atoms with Gasteiger partial charge in [-0.05, 0) is 149 Å². The fourth-order valence-electron chi connectivity index (χ4n) is 3.52. The average molecular weight is 820 g/mol. The third-order valence-corrected chi connectivity index (χ3v) is 8.86. The summed E-state index contributed by atoms with van der Waals surface area (Å²) in [6.45, 7) is 9.59. The van der Waals surface area contributed by atoms with Crippen LogP contribution in [-0.4, -0.2) is 0 Å². The van der Waals surface area contributed by atoms with Crippen LogP contribution in [-0.2, 0) is 13.2 Å². The van der Waals surface area contributed by atoms with Gasteiger partial charge in [0.2, 0.25) is 0 Å². The summed E-state index contributed by atoms with van der Waals surface area (Å²) in [6.07, 6.45) is 0. The molecule has 0 spiro atoms. The topological polar surface area (TPSA) is 18.5 Å². The van der Waals surface area contributed by atoms with E-state index in [9.17, 15) is 0 Å². The highest BCUT2D eigenvalue weighted by Gasteiger charge is 2.18. The van der Waals surface area contributed by atoms with Crippen LogP contribution in [0, 0.1) is 27.7 Å². The summed E-state index contributed by atoms with van der Waals surface area (Å²) < 4.78 is 18.0. The smallest absolute Gasteiger partial charge is 0.148 e. The van der Waals surface area contributed by atoms with E-state index < -0.39 is 0 Å². The molecular formula is C24H20Br6O2. The van der Waals surface area contributed by atoms with Gasteiger partial charge in [0.05, 0.1) is 17.9 Å². The van der Waals surface area contributed by atoms with Crippen molar-refractivity contribution in [3.63, 3.8) is 0 Å². The first-order chi connectivity index (χ1) is 15.0. The maximum Gasteiger partial charge on any atom is 0.148 e. The zero-order valence-corrected chi connectivity index (χ0v) is 27.3. The minimum absolute atomic E-state index is 0.489. The summed E-state index contributed by atoms with van der Waals surface area (Å²) in [5.74, 6) is 1.58. The molecule has 0 fully saturated rings. The molecule has 0 bridgehead atoms. The largest absolute Gasteiger partial charge is 0.487 e. The van der Waals surface area contributed by atoms with E-state index >= 15 is 0 Å². The van der Waals surface area contributed by atoms with Crippen molar-refractivity contribution in [2.24, 2.45) is 0 Å². The van der Waals surface area contributed by atoms with Crippen molar-refractivity contribution in [1.82, 2.24) is 0 Å². The van der Waals surface area contributed by atoms with E-state index in [2.05, 4.69) is 123 Å². The highest BCUT2D eigenvalue weighted by molar-refractivity contribution is 9.12. The molecule has 0 saturated heterocycles. The summed E-state index contributed by atoms with van der Waals surface area (Å²) in [5, 5.41) is 0. The molecule has 0 N–H and O–H groups in total. The van der Waals surface area contributed by atoms with Gasteiger partial charge in [-0.15, -0.1) is 0 Å². The van der Waals surface area contributed by atoms with Gasteiger partial charge in [0.15, 0.2) is 0 Å². The monoisotopic (exact) mass is 814 g/mol. The van der Waals surface area contributed by atoms with Crippen molar-refractivity contribution >= 4 is 95.6 Å². The molecule has 0 unspecified atom stereocenters. The molecule has 0 aliphatic rings. The first-order valence-electron chi connectivity index (χ1n) is 9.64. The molecule has 3 rings (SSSR count). The number of hydrogen-bond donors (Lipinski definition) is 0. The van der Waals surface area contributed by atoms with Gasteiger partial charge in [0.25, 0.3) is 0 Å². The molecule has 170 valence electrons. The van der Waals surface area contributed by atoms with Gasteiger partial charge in [-0.1, -0.05) is 31.9 Å². The van der Waals surface area contributed by atoms with Crippen molar-refractivity contribution < 1.29 is 9.47 Å². The first kappa shape index (κ1) is 26.7. The normalized spacial score (nSPS) is 11.1. The van der Waals surface area contributed by atoms with E-state index in [1.165, 1.54) is 33.4 Å². The van der Waals surface area contributed by atoms with Crippen molar-refractivity contribution in [3.8, 4) is 11.5 Å². The SMILES string of the molecule is Cc1c(C)c(COc2c(Br)cc(Br)cc2Br)c(C)c(C)c1COc1c(Br)cc(Br)cc1Br. The maximum atomic E-state index is 6.23. The number of rotatable bonds is 6. The zero-order chi connectivity index (χ0) is 23.7. The van der Waals surface area contributed by atoms with Crippen LogP contribution in [0.4, 0.5) is 0 Å². The van der Waals surface area contributed by atoms with Gasteiger partial charge in [-0.3, -0.25) is 0 Å². The number of hydrogen-bond acceptors (Lipinski definition) is 2. The van der Waals surface area contributed by atoms with E-state index in [1.54, 1.807) is 0 Å². The van der Waals surface area contributed by atoms with Gasteiger partial charge in [-0.25, -0.2) is 0 Å². The second-order valence-electron chi connectivity index (χ2n) is 7.43. The lowest BCUT2D eigenvalue weighted by molar-refractivity contribution is 0.296. The first-order valence-corrected chi connectivity index (χ1v) is 14.4. The maximum absolute atomic E-state index is 6.23. The third-order valence-electron chi connectivity index (χ3n) is 5.58. The van der Waals surface area contributed by atoms with Crippen LogP contribution in [0.15, 0.2) is 51.1 Å². The summed E-state index contributed by atoms with van der Waals surface area (Å²) in [6, 6.07) is 7.93. The highest BCUT2D eigenvalue weighted by atomic mass is 79.9. The van der Waals surface area contributed by atoms with Crippen LogP contribution in [0.2, 0.25) is 0 Å². The molecule has 2 nitrogen and oxygen atoms in total. The van der Waals surface area contributed by atoms with Crippen molar-refractivity contribution in [2.75, 3.05) is 0 Å². The van der Waals surface area contributed by atoms with E-state index in [1.807, 2.05) is 24.3 Å². The molecule has 8 heteroatoms. The number of ether oxygens (including phenoxy) is 2. The van der Waals surface area contributed by atoms with Crippen LogP contribution in [0.3, 0.4) is 0 Å².